The third-order valence-electron chi connectivity index (χ3n) is 5.39. The van der Waals surface area contributed by atoms with Gasteiger partial charge >= 0.3 is 0 Å². The molecule has 0 aliphatic heterocycles. The summed E-state index contributed by atoms with van der Waals surface area (Å²) >= 11 is 0. The maximum atomic E-state index is 12.7. The molecule has 1 heterocycles. The standard InChI is InChI=1S/C21H30N4O2/c1-4-25(5-2)11-12-27-19-8-6-7-18(14-19)23-21(26)16-9-10-17-15-22-24(3)20(17)13-16/h6-8,14-16H,4-5,9-13H2,1-3H3,(H,23,26). The summed E-state index contributed by atoms with van der Waals surface area (Å²) in [6, 6.07) is 7.66. The highest BCUT2D eigenvalue weighted by Gasteiger charge is 2.27. The van der Waals surface area contributed by atoms with E-state index in [2.05, 4.69) is 29.2 Å². The van der Waals surface area contributed by atoms with Crippen LogP contribution >= 0.6 is 0 Å². The highest BCUT2D eigenvalue weighted by Crippen LogP contribution is 2.26. The molecule has 1 aliphatic carbocycles. The predicted octanol–water partition coefficient (Wildman–Crippen LogP) is 2.88. The minimum atomic E-state index is -0.0138. The molecule has 0 saturated carbocycles. The van der Waals surface area contributed by atoms with Gasteiger partial charge in [-0.3, -0.25) is 9.48 Å². The highest BCUT2D eigenvalue weighted by atomic mass is 16.5. The molecule has 6 heteroatoms. The summed E-state index contributed by atoms with van der Waals surface area (Å²) in [6.45, 7) is 7.90. The van der Waals surface area contributed by atoms with Crippen molar-refractivity contribution in [2.75, 3.05) is 31.6 Å². The fourth-order valence-electron chi connectivity index (χ4n) is 3.61. The first-order chi connectivity index (χ1) is 13.1. The van der Waals surface area contributed by atoms with Gasteiger partial charge in [0.15, 0.2) is 0 Å². The first-order valence-corrected chi connectivity index (χ1v) is 9.86. The van der Waals surface area contributed by atoms with E-state index in [0.29, 0.717) is 6.61 Å². The van der Waals surface area contributed by atoms with Gasteiger partial charge in [0.1, 0.15) is 12.4 Å². The van der Waals surface area contributed by atoms with Crippen LogP contribution in [0.25, 0.3) is 0 Å². The number of carbonyl (C=O) groups excluding carboxylic acids is 1. The molecule has 0 fully saturated rings. The maximum absolute atomic E-state index is 12.7. The summed E-state index contributed by atoms with van der Waals surface area (Å²) in [5.74, 6) is 0.847. The quantitative estimate of drug-likeness (QED) is 0.776. The van der Waals surface area contributed by atoms with Gasteiger partial charge in [-0.2, -0.15) is 5.10 Å². The van der Waals surface area contributed by atoms with E-state index >= 15 is 0 Å². The van der Waals surface area contributed by atoms with E-state index in [1.165, 1.54) is 11.3 Å². The van der Waals surface area contributed by atoms with Gasteiger partial charge in [-0.15, -0.1) is 0 Å². The van der Waals surface area contributed by atoms with Crippen molar-refractivity contribution < 1.29 is 9.53 Å². The van der Waals surface area contributed by atoms with Crippen molar-refractivity contribution in [1.82, 2.24) is 14.7 Å². The van der Waals surface area contributed by atoms with Crippen LogP contribution < -0.4 is 10.1 Å². The minimum Gasteiger partial charge on any atom is -0.492 e. The van der Waals surface area contributed by atoms with Crippen LogP contribution in [-0.4, -0.2) is 46.8 Å². The van der Waals surface area contributed by atoms with Crippen LogP contribution in [-0.2, 0) is 24.7 Å². The zero-order chi connectivity index (χ0) is 19.2. The van der Waals surface area contributed by atoms with Gasteiger partial charge in [0, 0.05) is 43.4 Å². The van der Waals surface area contributed by atoms with Gasteiger partial charge in [0.05, 0.1) is 6.20 Å². The van der Waals surface area contributed by atoms with Gasteiger partial charge in [0.2, 0.25) is 5.91 Å². The number of benzene rings is 1. The Hall–Kier alpha value is -2.34. The number of rotatable bonds is 8. The number of aryl methyl sites for hydroxylation is 2. The number of anilines is 1. The number of nitrogens with zero attached hydrogens (tertiary/aromatic N) is 3. The molecule has 1 aromatic heterocycles. The summed E-state index contributed by atoms with van der Waals surface area (Å²) in [5, 5.41) is 7.36. The van der Waals surface area contributed by atoms with E-state index in [4.69, 9.17) is 4.74 Å². The summed E-state index contributed by atoms with van der Waals surface area (Å²) in [4.78, 5) is 15.0. The fourth-order valence-corrected chi connectivity index (χ4v) is 3.61. The number of hydrogen-bond donors (Lipinski definition) is 1. The first-order valence-electron chi connectivity index (χ1n) is 9.86. The van der Waals surface area contributed by atoms with Crippen LogP contribution in [0.5, 0.6) is 5.75 Å². The van der Waals surface area contributed by atoms with E-state index in [1.807, 2.05) is 42.2 Å². The van der Waals surface area contributed by atoms with Gasteiger partial charge in [-0.1, -0.05) is 19.9 Å². The zero-order valence-electron chi connectivity index (χ0n) is 16.6. The van der Waals surface area contributed by atoms with Crippen LogP contribution in [0.2, 0.25) is 0 Å². The molecule has 3 rings (SSSR count). The second-order valence-corrected chi connectivity index (χ2v) is 7.07. The molecule has 27 heavy (non-hydrogen) atoms. The molecule has 1 unspecified atom stereocenters. The molecular formula is C21H30N4O2. The smallest absolute Gasteiger partial charge is 0.227 e. The normalized spacial score (nSPS) is 16.2. The number of ether oxygens (including phenoxy) is 1. The molecule has 2 aromatic rings. The maximum Gasteiger partial charge on any atom is 0.227 e. The number of amides is 1. The third kappa shape index (κ3) is 4.89. The Morgan fingerprint density at radius 1 is 1.37 bits per heavy atom. The molecule has 1 amide bonds. The number of aromatic nitrogens is 2. The second kappa shape index (κ2) is 9.04. The number of fused-ring (bicyclic) bond motifs is 1. The topological polar surface area (TPSA) is 59.4 Å². The van der Waals surface area contributed by atoms with E-state index in [9.17, 15) is 4.79 Å². The Morgan fingerprint density at radius 2 is 2.19 bits per heavy atom. The molecule has 1 atom stereocenters. The monoisotopic (exact) mass is 370 g/mol. The Kier molecular flexibility index (Phi) is 6.50. The van der Waals surface area contributed by atoms with Crippen molar-refractivity contribution in [3.8, 4) is 5.75 Å². The minimum absolute atomic E-state index is 0.0138. The van der Waals surface area contributed by atoms with Gasteiger partial charge < -0.3 is 15.0 Å². The average Bonchev–Trinajstić information content (AvgIpc) is 3.06. The summed E-state index contributed by atoms with van der Waals surface area (Å²) < 4.78 is 7.74. The highest BCUT2D eigenvalue weighted by molar-refractivity contribution is 5.93. The SMILES string of the molecule is CCN(CC)CCOc1cccc(NC(=O)C2CCc3cnn(C)c3C2)c1. The van der Waals surface area contributed by atoms with Crippen LogP contribution in [0.3, 0.4) is 0 Å². The predicted molar refractivity (Wildman–Crippen MR) is 107 cm³/mol. The van der Waals surface area contributed by atoms with E-state index < -0.39 is 0 Å². The number of hydrogen-bond acceptors (Lipinski definition) is 4. The van der Waals surface area contributed by atoms with Crippen LogP contribution in [0, 0.1) is 5.92 Å². The lowest BCUT2D eigenvalue weighted by Gasteiger charge is -2.22. The van der Waals surface area contributed by atoms with Crippen molar-refractivity contribution >= 4 is 11.6 Å². The van der Waals surface area contributed by atoms with Crippen molar-refractivity contribution in [3.05, 3.63) is 41.7 Å². The third-order valence-corrected chi connectivity index (χ3v) is 5.39. The molecule has 0 spiro atoms. The molecule has 0 bridgehead atoms. The van der Waals surface area contributed by atoms with Crippen LogP contribution in [0.15, 0.2) is 30.5 Å². The van der Waals surface area contributed by atoms with Crippen molar-refractivity contribution in [1.29, 1.82) is 0 Å². The molecule has 0 saturated heterocycles. The molecule has 0 radical (unpaired) electrons. The van der Waals surface area contributed by atoms with Gasteiger partial charge in [0.25, 0.3) is 0 Å². The zero-order valence-corrected chi connectivity index (χ0v) is 16.6. The van der Waals surface area contributed by atoms with Crippen LogP contribution in [0.4, 0.5) is 5.69 Å². The van der Waals surface area contributed by atoms with E-state index in [0.717, 1.165) is 50.3 Å². The number of carbonyl (C=O) groups is 1. The van der Waals surface area contributed by atoms with Gasteiger partial charge in [-0.25, -0.2) is 0 Å². The number of nitrogens with one attached hydrogen (secondary N) is 1. The number of likely N-dealkylation sites (N-methyl/N-ethyl adjacent to an activating group) is 1. The first kappa shape index (κ1) is 19.4. The van der Waals surface area contributed by atoms with Crippen molar-refractivity contribution in [3.63, 3.8) is 0 Å². The van der Waals surface area contributed by atoms with Gasteiger partial charge in [-0.05, 0) is 43.6 Å². The lowest BCUT2D eigenvalue weighted by molar-refractivity contribution is -0.120. The van der Waals surface area contributed by atoms with Crippen LogP contribution in [0.1, 0.15) is 31.5 Å². The fraction of sp³-hybridized carbons (Fsp3) is 0.524. The second-order valence-electron chi connectivity index (χ2n) is 7.07. The Bertz CT molecular complexity index is 767. The lowest BCUT2D eigenvalue weighted by atomic mass is 9.87. The molecule has 1 N–H and O–H groups in total. The molecule has 1 aromatic carbocycles. The molecular weight excluding hydrogens is 340 g/mol. The molecule has 146 valence electrons. The van der Waals surface area contributed by atoms with Crippen molar-refractivity contribution in [2.24, 2.45) is 13.0 Å². The van der Waals surface area contributed by atoms with E-state index in [-0.39, 0.29) is 11.8 Å². The summed E-state index contributed by atoms with van der Waals surface area (Å²) in [5.41, 5.74) is 3.23. The summed E-state index contributed by atoms with van der Waals surface area (Å²) in [6.07, 6.45) is 4.45. The Balaban J connectivity index is 1.55. The lowest BCUT2D eigenvalue weighted by Crippen LogP contribution is -2.29. The summed E-state index contributed by atoms with van der Waals surface area (Å²) in [7, 11) is 1.94. The average molecular weight is 370 g/mol. The Morgan fingerprint density at radius 3 is 2.96 bits per heavy atom. The van der Waals surface area contributed by atoms with E-state index in [1.54, 1.807) is 0 Å². The largest absolute Gasteiger partial charge is 0.492 e. The Labute approximate surface area is 161 Å². The van der Waals surface area contributed by atoms with Crippen molar-refractivity contribution in [2.45, 2.75) is 33.1 Å². The molecule has 1 aliphatic rings. The molecule has 6 nitrogen and oxygen atoms in total.